The van der Waals surface area contributed by atoms with Gasteiger partial charge in [-0.05, 0) is 68.3 Å². The molecule has 12 heteroatoms. The number of primary amides is 1. The molecule has 1 amide bonds. The van der Waals surface area contributed by atoms with Gasteiger partial charge >= 0.3 is 0 Å². The van der Waals surface area contributed by atoms with Gasteiger partial charge in [0, 0.05) is 37.3 Å². The molecule has 12 nitrogen and oxygen atoms in total. The lowest BCUT2D eigenvalue weighted by atomic mass is 9.57. The predicted molar refractivity (Wildman–Crippen MR) is 166 cm³/mol. The van der Waals surface area contributed by atoms with Crippen LogP contribution >= 0.6 is 0 Å². The highest BCUT2D eigenvalue weighted by molar-refractivity contribution is 6.24. The highest BCUT2D eigenvalue weighted by Crippen LogP contribution is 2.53. The third-order valence-corrected chi connectivity index (χ3v) is 9.09. The van der Waals surface area contributed by atoms with Gasteiger partial charge in [0.15, 0.2) is 17.0 Å². The first-order valence-electron chi connectivity index (χ1n) is 14.4. The number of benzene rings is 2. The molecule has 0 saturated heterocycles. The Bertz CT molecular complexity index is 1880. The molecule has 4 atom stereocenters. The second-order valence-electron chi connectivity index (χ2n) is 12.1. The van der Waals surface area contributed by atoms with Crippen LogP contribution in [0.3, 0.4) is 0 Å². The van der Waals surface area contributed by atoms with Crippen LogP contribution in [0.15, 0.2) is 51.7 Å². The van der Waals surface area contributed by atoms with E-state index in [0.29, 0.717) is 16.8 Å². The molecule has 5 N–H and O–H groups in total. The zero-order valence-electron chi connectivity index (χ0n) is 25.5. The molecule has 6 rings (SSSR count). The third-order valence-electron chi connectivity index (χ3n) is 9.09. The van der Waals surface area contributed by atoms with Crippen molar-refractivity contribution in [1.82, 2.24) is 9.88 Å². The number of nitrogens with zero attached hydrogens (tertiary/aromatic N) is 3. The van der Waals surface area contributed by atoms with Gasteiger partial charge in [0.25, 0.3) is 5.91 Å². The maximum absolute atomic E-state index is 14.2. The quantitative estimate of drug-likeness (QED) is 0.300. The molecule has 3 aromatic rings. The molecular weight excluding hydrogens is 580 g/mol. The van der Waals surface area contributed by atoms with E-state index in [0.717, 1.165) is 11.3 Å². The molecule has 1 fully saturated rings. The van der Waals surface area contributed by atoms with E-state index in [1.165, 1.54) is 4.90 Å². The van der Waals surface area contributed by atoms with E-state index in [2.05, 4.69) is 4.98 Å². The number of ether oxygens (including phenoxy) is 1. The predicted octanol–water partition coefficient (Wildman–Crippen LogP) is 2.64. The fourth-order valence-corrected chi connectivity index (χ4v) is 7.08. The molecule has 0 unspecified atom stereocenters. The van der Waals surface area contributed by atoms with Gasteiger partial charge in [-0.25, -0.2) is 4.98 Å². The summed E-state index contributed by atoms with van der Waals surface area (Å²) in [6, 6.07) is 8.15. The third kappa shape index (κ3) is 4.43. The zero-order valence-corrected chi connectivity index (χ0v) is 25.5. The number of nitrogens with two attached hydrogens (primary N) is 1. The Kier molecular flexibility index (Phi) is 7.09. The molecule has 1 aromatic heterocycles. The molecule has 234 valence electrons. The summed E-state index contributed by atoms with van der Waals surface area (Å²) < 4.78 is 11.4. The Morgan fingerprint density at radius 2 is 1.89 bits per heavy atom. The van der Waals surface area contributed by atoms with Gasteiger partial charge in [0.05, 0.1) is 18.7 Å². The fourth-order valence-electron chi connectivity index (χ4n) is 7.08. The normalized spacial score (nSPS) is 24.7. The number of fused-ring (bicyclic) bond motifs is 5. The molecule has 2 aromatic carbocycles. The van der Waals surface area contributed by atoms with Gasteiger partial charge in [0.2, 0.25) is 11.7 Å². The van der Waals surface area contributed by atoms with Gasteiger partial charge in [-0.3, -0.25) is 19.3 Å². The number of rotatable bonds is 6. The smallest absolute Gasteiger partial charge is 0.255 e. The molecule has 3 aliphatic carbocycles. The number of carbonyl (C=O) groups is 3. The van der Waals surface area contributed by atoms with Crippen LogP contribution < -0.4 is 15.4 Å². The van der Waals surface area contributed by atoms with E-state index < -0.39 is 58.0 Å². The summed E-state index contributed by atoms with van der Waals surface area (Å²) in [5.74, 6) is -5.31. The summed E-state index contributed by atoms with van der Waals surface area (Å²) in [6.45, 7) is 0. The number of oxazole rings is 1. The van der Waals surface area contributed by atoms with E-state index in [9.17, 15) is 29.7 Å². The standard InChI is InChI=1S/C33H34N4O8/c1-36(2)21-14-20-29(45-22(35-20)10-9-15-7-6-8-17(11-15)44-5)24-18(21)12-16-13-19-26(37(3)4)28(39)25(32(34)42)31(41)33(19,43)30(40)23(16)27(24)38/h6-11,14,16,19,26,38,41,43H,12-13H2,1-5H3,(H2,34,42)/b10-9+/t16-,19-,26-,33-/m0/s1. The van der Waals surface area contributed by atoms with Crippen LogP contribution in [0, 0.1) is 11.8 Å². The van der Waals surface area contributed by atoms with E-state index in [1.54, 1.807) is 33.4 Å². The van der Waals surface area contributed by atoms with E-state index >= 15 is 0 Å². The van der Waals surface area contributed by atoms with Crippen molar-refractivity contribution < 1.29 is 38.9 Å². The maximum Gasteiger partial charge on any atom is 0.255 e. The number of aliphatic hydroxyl groups is 3. The van der Waals surface area contributed by atoms with Gasteiger partial charge in [0.1, 0.15) is 28.4 Å². The van der Waals surface area contributed by atoms with Crippen LogP contribution in [0.2, 0.25) is 0 Å². The number of ketones is 2. The highest BCUT2D eigenvalue weighted by Gasteiger charge is 2.64. The van der Waals surface area contributed by atoms with E-state index in [4.69, 9.17) is 14.9 Å². The summed E-state index contributed by atoms with van der Waals surface area (Å²) in [6.07, 6.45) is 3.81. The Labute approximate surface area is 258 Å². The zero-order chi connectivity index (χ0) is 32.5. The Balaban J connectivity index is 1.53. The number of anilines is 1. The molecule has 0 aliphatic heterocycles. The average molecular weight is 615 g/mol. The molecule has 1 heterocycles. The maximum atomic E-state index is 14.2. The first-order chi connectivity index (χ1) is 21.3. The van der Waals surface area contributed by atoms with Crippen LogP contribution in [0.1, 0.15) is 29.0 Å². The molecule has 1 saturated carbocycles. The minimum Gasteiger partial charge on any atom is -0.508 e. The SMILES string of the molecule is COc1cccc(/C=C/c2nc3cc(N(C)C)c4c(c3o2)C(O)=C2C(=O)[C@]3(O)C(O)=C(C(N)=O)C(=O)[C@@H](N(C)C)[C@@H]3C[C@@H]2C4)c1. The van der Waals surface area contributed by atoms with Crippen molar-refractivity contribution in [2.24, 2.45) is 17.6 Å². The molecular formula is C33H34N4O8. The van der Waals surface area contributed by atoms with Crippen molar-refractivity contribution in [3.05, 3.63) is 69.8 Å². The Hall–Kier alpha value is -4.94. The number of aromatic nitrogens is 1. The second-order valence-corrected chi connectivity index (χ2v) is 12.1. The molecule has 0 spiro atoms. The number of amides is 1. The molecule has 45 heavy (non-hydrogen) atoms. The molecule has 3 aliphatic rings. The Morgan fingerprint density at radius 3 is 2.53 bits per heavy atom. The van der Waals surface area contributed by atoms with Crippen LogP contribution in [0.4, 0.5) is 5.69 Å². The first kappa shape index (κ1) is 30.1. The minimum absolute atomic E-state index is 0.0571. The number of hydrogen-bond donors (Lipinski definition) is 4. The number of methoxy groups -OCH3 is 1. The van der Waals surface area contributed by atoms with Gasteiger partial charge in [-0.1, -0.05) is 12.1 Å². The monoisotopic (exact) mass is 614 g/mol. The van der Waals surface area contributed by atoms with Crippen molar-refractivity contribution in [3.63, 3.8) is 0 Å². The van der Waals surface area contributed by atoms with Crippen LogP contribution in [0.5, 0.6) is 5.75 Å². The summed E-state index contributed by atoms with van der Waals surface area (Å²) in [4.78, 5) is 47.8. The van der Waals surface area contributed by atoms with Crippen molar-refractivity contribution >= 4 is 52.2 Å². The lowest BCUT2D eigenvalue weighted by molar-refractivity contribution is -0.153. The van der Waals surface area contributed by atoms with Crippen LogP contribution in [-0.2, 0) is 20.8 Å². The number of Topliss-reactive ketones (excluding diaryl/α,β-unsaturated/α-hetero) is 2. The average Bonchev–Trinajstić information content (AvgIpc) is 3.40. The Morgan fingerprint density at radius 1 is 1.16 bits per heavy atom. The van der Waals surface area contributed by atoms with Gasteiger partial charge in [-0.2, -0.15) is 0 Å². The molecule has 0 radical (unpaired) electrons. The summed E-state index contributed by atoms with van der Waals surface area (Å²) in [7, 11) is 8.45. The minimum atomic E-state index is -2.66. The topological polar surface area (TPSA) is 180 Å². The summed E-state index contributed by atoms with van der Waals surface area (Å²) >= 11 is 0. The van der Waals surface area contributed by atoms with Crippen molar-refractivity contribution in [3.8, 4) is 5.75 Å². The van der Waals surface area contributed by atoms with E-state index in [-0.39, 0.29) is 35.5 Å². The second kappa shape index (κ2) is 10.6. The van der Waals surface area contributed by atoms with Crippen molar-refractivity contribution in [2.75, 3.05) is 40.2 Å². The summed E-state index contributed by atoms with van der Waals surface area (Å²) in [5.41, 5.74) is 5.06. The summed E-state index contributed by atoms with van der Waals surface area (Å²) in [5, 5.41) is 34.9. The van der Waals surface area contributed by atoms with Crippen molar-refractivity contribution in [2.45, 2.75) is 24.5 Å². The van der Waals surface area contributed by atoms with Gasteiger partial charge < -0.3 is 35.1 Å². The number of likely N-dealkylation sites (N-methyl/N-ethyl adjacent to an activating group) is 1. The highest BCUT2D eigenvalue weighted by atomic mass is 16.5. The number of carbonyl (C=O) groups excluding carboxylic acids is 3. The van der Waals surface area contributed by atoms with Crippen LogP contribution in [-0.4, -0.2) is 89.6 Å². The van der Waals surface area contributed by atoms with Crippen LogP contribution in [0.25, 0.3) is 29.0 Å². The number of aliphatic hydroxyl groups excluding tert-OH is 2. The lowest BCUT2D eigenvalue weighted by Crippen LogP contribution is -2.65. The largest absolute Gasteiger partial charge is 0.508 e. The van der Waals surface area contributed by atoms with E-state index in [1.807, 2.05) is 49.3 Å². The number of hydrogen-bond acceptors (Lipinski definition) is 11. The van der Waals surface area contributed by atoms with Crippen molar-refractivity contribution in [1.29, 1.82) is 0 Å². The lowest BCUT2D eigenvalue weighted by Gasteiger charge is -2.50. The first-order valence-corrected chi connectivity index (χ1v) is 14.4. The molecule has 0 bridgehead atoms. The fraction of sp³-hybridized carbons (Fsp3) is 0.333. The van der Waals surface area contributed by atoms with Gasteiger partial charge in [-0.15, -0.1) is 0 Å².